The van der Waals surface area contributed by atoms with Gasteiger partial charge in [-0.3, -0.25) is 0 Å². The van der Waals surface area contributed by atoms with Gasteiger partial charge in [-0.05, 0) is 33.1 Å². The predicted octanol–water partition coefficient (Wildman–Crippen LogP) is -0.560. The van der Waals surface area contributed by atoms with Crippen LogP contribution in [0.5, 0.6) is 0 Å². The Morgan fingerprint density at radius 2 is 1.78 bits per heavy atom. The molecule has 2 rings (SSSR count). The number of ether oxygens (including phenoxy) is 2. The normalized spacial score (nSPS) is 40.9. The van der Waals surface area contributed by atoms with Gasteiger partial charge in [0.05, 0.1) is 24.9 Å². The van der Waals surface area contributed by atoms with Crippen molar-refractivity contribution in [2.45, 2.75) is 96.0 Å². The van der Waals surface area contributed by atoms with E-state index in [4.69, 9.17) is 9.47 Å². The van der Waals surface area contributed by atoms with Crippen molar-refractivity contribution in [1.82, 2.24) is 0 Å². The third-order valence-corrected chi connectivity index (χ3v) is 5.81. The molecule has 1 fully saturated rings. The van der Waals surface area contributed by atoms with Gasteiger partial charge in [0.15, 0.2) is 6.29 Å². The zero-order valence-electron chi connectivity index (χ0n) is 16.4. The van der Waals surface area contributed by atoms with Crippen LogP contribution in [0.1, 0.15) is 47.0 Å². The smallest absolute Gasteiger partial charge is 0.187 e. The van der Waals surface area contributed by atoms with Crippen molar-refractivity contribution in [3.63, 3.8) is 0 Å². The Kier molecular flexibility index (Phi) is 7.43. The number of hydrogen-bond donors (Lipinski definition) is 6. The topological polar surface area (TPSA) is 140 Å². The standard InChI is InChI=1S/C19H34O8/c1-9-7-12(22)17(19(3,4)11(9)6-5-10(2)21)27-18-16(25)15(24)14(23)13(8-20)26-18/h10,12-18,20-25H,5-8H2,1-4H3/t10?,12-,13-,14-,15+,16-,17+,18+/m1/s1. The van der Waals surface area contributed by atoms with E-state index in [1.54, 1.807) is 6.92 Å². The van der Waals surface area contributed by atoms with Crippen LogP contribution in [0.3, 0.4) is 0 Å². The molecule has 1 saturated heterocycles. The molecule has 0 aromatic rings. The van der Waals surface area contributed by atoms with Gasteiger partial charge in [0.2, 0.25) is 0 Å². The molecule has 0 amide bonds. The monoisotopic (exact) mass is 390 g/mol. The molecule has 158 valence electrons. The molecule has 0 aromatic carbocycles. The van der Waals surface area contributed by atoms with Crippen LogP contribution in [0, 0.1) is 5.41 Å². The Balaban J connectivity index is 2.21. The van der Waals surface area contributed by atoms with Crippen molar-refractivity contribution in [3.8, 4) is 0 Å². The number of aliphatic hydroxyl groups is 6. The summed E-state index contributed by atoms with van der Waals surface area (Å²) in [6, 6.07) is 0. The second-order valence-electron chi connectivity index (χ2n) is 8.39. The van der Waals surface area contributed by atoms with Crippen LogP contribution in [0.4, 0.5) is 0 Å². The summed E-state index contributed by atoms with van der Waals surface area (Å²) in [6.07, 6.45) is -7.27. The lowest BCUT2D eigenvalue weighted by Crippen LogP contribution is -2.61. The molecule has 1 aliphatic carbocycles. The lowest BCUT2D eigenvalue weighted by atomic mass is 9.68. The van der Waals surface area contributed by atoms with Crippen molar-refractivity contribution < 1.29 is 40.1 Å². The van der Waals surface area contributed by atoms with Crippen LogP contribution >= 0.6 is 0 Å². The van der Waals surface area contributed by atoms with Gasteiger partial charge in [-0.25, -0.2) is 0 Å². The predicted molar refractivity (Wildman–Crippen MR) is 96.7 cm³/mol. The highest BCUT2D eigenvalue weighted by molar-refractivity contribution is 5.27. The Bertz CT molecular complexity index is 530. The third kappa shape index (κ3) is 4.71. The fourth-order valence-electron chi connectivity index (χ4n) is 4.22. The maximum absolute atomic E-state index is 10.6. The molecule has 1 heterocycles. The molecule has 6 N–H and O–H groups in total. The van der Waals surface area contributed by atoms with Crippen molar-refractivity contribution >= 4 is 0 Å². The zero-order chi connectivity index (χ0) is 20.5. The van der Waals surface area contributed by atoms with E-state index in [9.17, 15) is 30.6 Å². The number of aliphatic hydroxyl groups excluding tert-OH is 6. The third-order valence-electron chi connectivity index (χ3n) is 5.81. The van der Waals surface area contributed by atoms with Gasteiger partial charge in [0.25, 0.3) is 0 Å². The first-order chi connectivity index (χ1) is 12.5. The summed E-state index contributed by atoms with van der Waals surface area (Å²) in [5, 5.41) is 59.7. The summed E-state index contributed by atoms with van der Waals surface area (Å²) in [7, 11) is 0. The van der Waals surface area contributed by atoms with E-state index in [2.05, 4.69) is 0 Å². The minimum Gasteiger partial charge on any atom is -0.394 e. The Hall–Kier alpha value is -0.580. The molecule has 8 heteroatoms. The van der Waals surface area contributed by atoms with E-state index < -0.39 is 61.0 Å². The highest BCUT2D eigenvalue weighted by Gasteiger charge is 2.49. The molecule has 0 saturated carbocycles. The summed E-state index contributed by atoms with van der Waals surface area (Å²) in [4.78, 5) is 0. The lowest BCUT2D eigenvalue weighted by Gasteiger charge is -2.48. The Morgan fingerprint density at radius 3 is 2.33 bits per heavy atom. The number of rotatable bonds is 6. The second-order valence-corrected chi connectivity index (χ2v) is 8.39. The number of hydrogen-bond acceptors (Lipinski definition) is 8. The average molecular weight is 390 g/mol. The van der Waals surface area contributed by atoms with Gasteiger partial charge in [-0.2, -0.15) is 0 Å². The molecule has 8 atom stereocenters. The molecule has 1 unspecified atom stereocenters. The van der Waals surface area contributed by atoms with Gasteiger partial charge in [0.1, 0.15) is 24.4 Å². The molecular weight excluding hydrogens is 356 g/mol. The van der Waals surface area contributed by atoms with Crippen LogP contribution in [-0.2, 0) is 9.47 Å². The second kappa shape index (κ2) is 8.84. The summed E-state index contributed by atoms with van der Waals surface area (Å²) < 4.78 is 11.3. The van der Waals surface area contributed by atoms with Crippen molar-refractivity contribution in [1.29, 1.82) is 0 Å². The van der Waals surface area contributed by atoms with Gasteiger partial charge in [-0.1, -0.05) is 25.0 Å². The van der Waals surface area contributed by atoms with Crippen molar-refractivity contribution in [2.24, 2.45) is 5.41 Å². The van der Waals surface area contributed by atoms with E-state index >= 15 is 0 Å². The van der Waals surface area contributed by atoms with Crippen LogP contribution in [0.2, 0.25) is 0 Å². The van der Waals surface area contributed by atoms with E-state index in [0.717, 1.165) is 11.1 Å². The highest BCUT2D eigenvalue weighted by atomic mass is 16.7. The zero-order valence-corrected chi connectivity index (χ0v) is 16.4. The van der Waals surface area contributed by atoms with E-state index in [1.165, 1.54) is 0 Å². The minimum atomic E-state index is -1.53. The molecule has 0 spiro atoms. The quantitative estimate of drug-likeness (QED) is 0.332. The largest absolute Gasteiger partial charge is 0.394 e. The SMILES string of the molecule is CC1=C(CCC(C)O)C(C)(C)[C@@H](O[C@@H]2O[C@H](CO)[C@@H](O)[C@H](O)[C@H]2O)[C@H](O)C1. The summed E-state index contributed by atoms with van der Waals surface area (Å²) in [6.45, 7) is 6.98. The van der Waals surface area contributed by atoms with Crippen molar-refractivity contribution in [2.75, 3.05) is 6.61 Å². The fraction of sp³-hybridized carbons (Fsp3) is 0.895. The summed E-state index contributed by atoms with van der Waals surface area (Å²) >= 11 is 0. The van der Waals surface area contributed by atoms with Crippen LogP contribution in [0.25, 0.3) is 0 Å². The lowest BCUT2D eigenvalue weighted by molar-refractivity contribution is -0.325. The molecule has 0 radical (unpaired) electrons. The van der Waals surface area contributed by atoms with Gasteiger partial charge in [-0.15, -0.1) is 0 Å². The Labute approximate surface area is 160 Å². The molecule has 2 aliphatic rings. The molecule has 27 heavy (non-hydrogen) atoms. The molecule has 1 aliphatic heterocycles. The molecule has 0 aromatic heterocycles. The van der Waals surface area contributed by atoms with Crippen LogP contribution < -0.4 is 0 Å². The molecule has 8 nitrogen and oxygen atoms in total. The van der Waals surface area contributed by atoms with E-state index in [1.807, 2.05) is 20.8 Å². The van der Waals surface area contributed by atoms with Crippen LogP contribution in [0.15, 0.2) is 11.1 Å². The Morgan fingerprint density at radius 1 is 1.15 bits per heavy atom. The van der Waals surface area contributed by atoms with Crippen LogP contribution in [-0.4, -0.2) is 86.3 Å². The average Bonchev–Trinajstić information content (AvgIpc) is 2.57. The maximum Gasteiger partial charge on any atom is 0.187 e. The maximum atomic E-state index is 10.6. The van der Waals surface area contributed by atoms with Crippen molar-refractivity contribution in [3.05, 3.63) is 11.1 Å². The minimum absolute atomic E-state index is 0.390. The molecule has 0 bridgehead atoms. The summed E-state index contributed by atoms with van der Waals surface area (Å²) in [5.41, 5.74) is 1.51. The van der Waals surface area contributed by atoms with Gasteiger partial charge in [0, 0.05) is 5.41 Å². The van der Waals surface area contributed by atoms with E-state index in [-0.39, 0.29) is 0 Å². The molecular formula is C19H34O8. The highest BCUT2D eigenvalue weighted by Crippen LogP contribution is 2.45. The van der Waals surface area contributed by atoms with Gasteiger partial charge >= 0.3 is 0 Å². The summed E-state index contributed by atoms with van der Waals surface area (Å²) in [5.74, 6) is 0. The first-order valence-corrected chi connectivity index (χ1v) is 9.51. The first kappa shape index (κ1) is 22.7. The first-order valence-electron chi connectivity index (χ1n) is 9.51. The van der Waals surface area contributed by atoms with E-state index in [0.29, 0.717) is 19.3 Å². The fourth-order valence-corrected chi connectivity index (χ4v) is 4.22. The van der Waals surface area contributed by atoms with Gasteiger partial charge < -0.3 is 40.1 Å².